The molecular weight excluding hydrogens is 451 g/mol. The summed E-state index contributed by atoms with van der Waals surface area (Å²) in [6.07, 6.45) is -0.254. The summed E-state index contributed by atoms with van der Waals surface area (Å²) < 4.78 is 30.2. The summed E-state index contributed by atoms with van der Waals surface area (Å²) in [6, 6.07) is 8.58. The van der Waals surface area contributed by atoms with E-state index in [-0.39, 0.29) is 32.0 Å². The van der Waals surface area contributed by atoms with Crippen LogP contribution in [0.1, 0.15) is 17.3 Å². The molecule has 2 rings (SSSR count). The number of esters is 1. The lowest BCUT2D eigenvalue weighted by atomic mass is 10.2. The predicted molar refractivity (Wildman–Crippen MR) is 110 cm³/mol. The molecule has 0 bridgehead atoms. The number of para-hydroxylation sites is 1. The maximum atomic E-state index is 12.4. The van der Waals surface area contributed by atoms with E-state index >= 15 is 0 Å². The quantitative estimate of drug-likeness (QED) is 0.492. The third kappa shape index (κ3) is 6.00. The van der Waals surface area contributed by atoms with Gasteiger partial charge in [-0.05, 0) is 31.2 Å². The van der Waals surface area contributed by atoms with Crippen molar-refractivity contribution in [3.05, 3.63) is 57.0 Å². The van der Waals surface area contributed by atoms with Gasteiger partial charge in [-0.1, -0.05) is 46.9 Å². The molecule has 0 heterocycles. The highest BCUT2D eigenvalue weighted by atomic mass is 35.5. The van der Waals surface area contributed by atoms with Crippen LogP contribution in [-0.2, 0) is 19.6 Å². The zero-order valence-electron chi connectivity index (χ0n) is 14.6. The molecule has 2 aromatic rings. The van der Waals surface area contributed by atoms with E-state index in [1.807, 2.05) is 0 Å². The SMILES string of the molecule is CC(OC(=O)c1ccccc1NS(C)(=O)=O)C(=O)Nc1cc(Cl)c(Cl)cc1Cl. The summed E-state index contributed by atoms with van der Waals surface area (Å²) in [4.78, 5) is 24.7. The number of benzene rings is 2. The molecule has 150 valence electrons. The predicted octanol–water partition coefficient (Wildman–Crippen LogP) is 4.20. The molecule has 0 aliphatic carbocycles. The summed E-state index contributed by atoms with van der Waals surface area (Å²) in [5.41, 5.74) is 0.193. The summed E-state index contributed by atoms with van der Waals surface area (Å²) in [5, 5.41) is 3.05. The monoisotopic (exact) mass is 464 g/mol. The topological polar surface area (TPSA) is 102 Å². The van der Waals surface area contributed by atoms with E-state index in [1.54, 1.807) is 6.07 Å². The molecule has 1 unspecified atom stereocenters. The van der Waals surface area contributed by atoms with Crippen LogP contribution >= 0.6 is 34.8 Å². The first kappa shape index (κ1) is 22.3. The number of hydrogen-bond acceptors (Lipinski definition) is 5. The fourth-order valence-corrected chi connectivity index (χ4v) is 3.25. The van der Waals surface area contributed by atoms with Crippen LogP contribution in [-0.4, -0.2) is 32.7 Å². The van der Waals surface area contributed by atoms with Crippen LogP contribution in [0.5, 0.6) is 0 Å². The van der Waals surface area contributed by atoms with Crippen molar-refractivity contribution >= 4 is 68.1 Å². The third-order valence-electron chi connectivity index (χ3n) is 3.36. The van der Waals surface area contributed by atoms with Gasteiger partial charge < -0.3 is 10.1 Å². The zero-order valence-corrected chi connectivity index (χ0v) is 17.7. The number of amides is 1. The van der Waals surface area contributed by atoms with Gasteiger partial charge in [0, 0.05) is 0 Å². The van der Waals surface area contributed by atoms with Gasteiger partial charge in [0.25, 0.3) is 5.91 Å². The van der Waals surface area contributed by atoms with Crippen LogP contribution in [0.25, 0.3) is 0 Å². The Hall–Kier alpha value is -2.00. The fourth-order valence-electron chi connectivity index (χ4n) is 2.08. The molecule has 11 heteroatoms. The summed E-state index contributed by atoms with van der Waals surface area (Å²) in [7, 11) is -3.61. The van der Waals surface area contributed by atoms with E-state index in [0.29, 0.717) is 0 Å². The average Bonchev–Trinajstić information content (AvgIpc) is 2.58. The van der Waals surface area contributed by atoms with Gasteiger partial charge in [-0.3, -0.25) is 9.52 Å². The first-order valence-corrected chi connectivity index (χ1v) is 10.7. The molecule has 1 amide bonds. The van der Waals surface area contributed by atoms with Crippen molar-refractivity contribution in [2.45, 2.75) is 13.0 Å². The van der Waals surface area contributed by atoms with Crippen molar-refractivity contribution in [2.24, 2.45) is 0 Å². The number of nitrogens with one attached hydrogen (secondary N) is 2. The van der Waals surface area contributed by atoms with E-state index in [2.05, 4.69) is 10.0 Å². The number of hydrogen-bond donors (Lipinski definition) is 2. The van der Waals surface area contributed by atoms with Crippen LogP contribution in [0.15, 0.2) is 36.4 Å². The zero-order chi connectivity index (χ0) is 21.1. The lowest BCUT2D eigenvalue weighted by molar-refractivity contribution is -0.123. The van der Waals surface area contributed by atoms with Crippen molar-refractivity contribution in [3.8, 4) is 0 Å². The molecule has 0 aromatic heterocycles. The highest BCUT2D eigenvalue weighted by Gasteiger charge is 2.22. The van der Waals surface area contributed by atoms with Gasteiger partial charge in [0.05, 0.1) is 38.3 Å². The first-order valence-electron chi connectivity index (χ1n) is 7.71. The molecule has 0 aliphatic heterocycles. The molecule has 0 aliphatic rings. The molecule has 28 heavy (non-hydrogen) atoms. The van der Waals surface area contributed by atoms with Gasteiger partial charge in [0.1, 0.15) is 0 Å². The number of ether oxygens (including phenoxy) is 1. The largest absolute Gasteiger partial charge is 0.449 e. The maximum absolute atomic E-state index is 12.4. The van der Waals surface area contributed by atoms with Crippen molar-refractivity contribution in [1.29, 1.82) is 0 Å². The molecule has 0 spiro atoms. The van der Waals surface area contributed by atoms with E-state index in [4.69, 9.17) is 39.5 Å². The third-order valence-corrected chi connectivity index (χ3v) is 4.99. The second kappa shape index (κ2) is 9.00. The van der Waals surface area contributed by atoms with Crippen LogP contribution in [0.3, 0.4) is 0 Å². The minimum atomic E-state index is -3.61. The van der Waals surface area contributed by atoms with Gasteiger partial charge in [-0.25, -0.2) is 13.2 Å². The maximum Gasteiger partial charge on any atom is 0.341 e. The Balaban J connectivity index is 2.13. The normalized spacial score (nSPS) is 12.2. The Morgan fingerprint density at radius 2 is 1.61 bits per heavy atom. The Morgan fingerprint density at radius 1 is 1.00 bits per heavy atom. The highest BCUT2D eigenvalue weighted by molar-refractivity contribution is 7.92. The minimum Gasteiger partial charge on any atom is -0.449 e. The van der Waals surface area contributed by atoms with Gasteiger partial charge in [-0.2, -0.15) is 0 Å². The number of anilines is 2. The molecule has 7 nitrogen and oxygen atoms in total. The van der Waals surface area contributed by atoms with Gasteiger partial charge >= 0.3 is 5.97 Å². The lowest BCUT2D eigenvalue weighted by Gasteiger charge is -2.16. The molecule has 0 saturated heterocycles. The number of rotatable bonds is 6. The first-order chi connectivity index (χ1) is 13.0. The molecule has 0 saturated carbocycles. The standard InChI is InChI=1S/C17H15Cl3N2O5S/c1-9(16(23)21-15-8-12(19)11(18)7-13(15)20)27-17(24)10-5-3-4-6-14(10)22-28(2,25)26/h3-9,22H,1-2H3,(H,21,23). The van der Waals surface area contributed by atoms with Gasteiger partial charge in [0.15, 0.2) is 6.10 Å². The number of carbonyl (C=O) groups is 2. The number of carbonyl (C=O) groups excluding carboxylic acids is 2. The molecule has 0 fully saturated rings. The van der Waals surface area contributed by atoms with Gasteiger partial charge in [0.2, 0.25) is 10.0 Å². The molecular formula is C17H15Cl3N2O5S. The smallest absolute Gasteiger partial charge is 0.341 e. The van der Waals surface area contributed by atoms with Crippen LogP contribution in [0.2, 0.25) is 15.1 Å². The second-order valence-corrected chi connectivity index (χ2v) is 8.67. The Bertz CT molecular complexity index is 1030. The summed E-state index contributed by atoms with van der Waals surface area (Å²) in [5.74, 6) is -1.54. The summed E-state index contributed by atoms with van der Waals surface area (Å²) >= 11 is 17.7. The fraction of sp³-hybridized carbons (Fsp3) is 0.176. The average molecular weight is 466 g/mol. The Kier molecular flexibility index (Phi) is 7.16. The highest BCUT2D eigenvalue weighted by Crippen LogP contribution is 2.32. The number of halogens is 3. The van der Waals surface area contributed by atoms with E-state index in [1.165, 1.54) is 37.3 Å². The van der Waals surface area contributed by atoms with Gasteiger partial charge in [-0.15, -0.1) is 0 Å². The Morgan fingerprint density at radius 3 is 2.25 bits per heavy atom. The van der Waals surface area contributed by atoms with Crippen LogP contribution in [0.4, 0.5) is 11.4 Å². The molecule has 0 radical (unpaired) electrons. The van der Waals surface area contributed by atoms with E-state index in [0.717, 1.165) is 6.26 Å². The minimum absolute atomic E-state index is 0.0372. The van der Waals surface area contributed by atoms with Crippen LogP contribution < -0.4 is 10.0 Å². The number of sulfonamides is 1. The van der Waals surface area contributed by atoms with Crippen molar-refractivity contribution in [1.82, 2.24) is 0 Å². The molecule has 1 atom stereocenters. The van der Waals surface area contributed by atoms with E-state index in [9.17, 15) is 18.0 Å². The summed E-state index contributed by atoms with van der Waals surface area (Å²) in [6.45, 7) is 1.35. The lowest BCUT2D eigenvalue weighted by Crippen LogP contribution is -2.30. The molecule has 2 N–H and O–H groups in total. The Labute approximate surface area is 177 Å². The van der Waals surface area contributed by atoms with Crippen molar-refractivity contribution < 1.29 is 22.7 Å². The van der Waals surface area contributed by atoms with Crippen molar-refractivity contribution in [3.63, 3.8) is 0 Å². The second-order valence-electron chi connectivity index (χ2n) is 5.70. The molecule has 2 aromatic carbocycles. The van der Waals surface area contributed by atoms with Crippen LogP contribution in [0, 0.1) is 0 Å². The van der Waals surface area contributed by atoms with E-state index < -0.39 is 28.0 Å². The van der Waals surface area contributed by atoms with Crippen molar-refractivity contribution in [2.75, 3.05) is 16.3 Å².